The highest BCUT2D eigenvalue weighted by molar-refractivity contribution is 5.66. The number of carbonyl (C=O) groups excluding carboxylic acids is 1. The fraction of sp³-hybridized carbons (Fsp3) is 0.500. The Hall–Kier alpha value is -1.72. The molecule has 0 aromatic carbocycles. The molecule has 6 nitrogen and oxygen atoms in total. The van der Waals surface area contributed by atoms with Gasteiger partial charge in [0.2, 0.25) is 0 Å². The minimum Gasteiger partial charge on any atom is -0.453 e. The second-order valence-electron chi connectivity index (χ2n) is 2.27. The number of amides is 1. The fourth-order valence-corrected chi connectivity index (χ4v) is 0.572. The topological polar surface area (TPSA) is 76.4 Å². The first kappa shape index (κ1) is 12.3. The number of hydrogen-bond donors (Lipinski definition) is 2. The molecule has 1 aromatic heterocycles. The van der Waals surface area contributed by atoms with Gasteiger partial charge < -0.3 is 19.8 Å². The third-order valence-corrected chi connectivity index (χ3v) is 1.22. The molecular formula is C8H15N3O3. The largest absolute Gasteiger partial charge is 0.453 e. The molecule has 0 aliphatic rings. The first-order chi connectivity index (χ1) is 6.63. The molecule has 0 bridgehead atoms. The minimum absolute atomic E-state index is 0.407. The summed E-state index contributed by atoms with van der Waals surface area (Å²) in [5.74, 6) is 0.828. The Balaban J connectivity index is 0.000000255. The summed E-state index contributed by atoms with van der Waals surface area (Å²) >= 11 is 0. The Labute approximate surface area is 82.7 Å². The lowest BCUT2D eigenvalue weighted by Gasteiger charge is -1.90. The van der Waals surface area contributed by atoms with Crippen LogP contribution in [-0.2, 0) is 4.74 Å². The van der Waals surface area contributed by atoms with E-state index in [1.165, 1.54) is 14.2 Å². The molecule has 80 valence electrons. The lowest BCUT2D eigenvalue weighted by atomic mass is 10.6. The molecule has 1 heterocycles. The highest BCUT2D eigenvalue weighted by Gasteiger charge is 1.92. The van der Waals surface area contributed by atoms with Crippen LogP contribution in [0.3, 0.4) is 0 Å². The van der Waals surface area contributed by atoms with Gasteiger partial charge >= 0.3 is 6.09 Å². The van der Waals surface area contributed by atoms with Crippen molar-refractivity contribution < 1.29 is 13.9 Å². The van der Waals surface area contributed by atoms with E-state index in [4.69, 9.17) is 4.42 Å². The van der Waals surface area contributed by atoms with Crippen molar-refractivity contribution in [3.63, 3.8) is 0 Å². The Morgan fingerprint density at radius 3 is 2.36 bits per heavy atom. The molecule has 0 aliphatic heterocycles. The van der Waals surface area contributed by atoms with Crippen LogP contribution in [0.1, 0.15) is 5.76 Å². The summed E-state index contributed by atoms with van der Waals surface area (Å²) in [6, 6.07) is 0.572. The van der Waals surface area contributed by atoms with Crippen LogP contribution in [0.4, 0.5) is 10.8 Å². The molecule has 2 N–H and O–H groups in total. The lowest BCUT2D eigenvalue weighted by molar-refractivity contribution is 0.173. The molecule has 1 rings (SSSR count). The molecule has 0 atom stereocenters. The third-order valence-electron chi connectivity index (χ3n) is 1.22. The van der Waals surface area contributed by atoms with Crippen molar-refractivity contribution >= 4 is 12.1 Å². The van der Waals surface area contributed by atoms with Crippen LogP contribution in [0, 0.1) is 6.92 Å². The van der Waals surface area contributed by atoms with Crippen molar-refractivity contribution in [1.82, 2.24) is 10.3 Å². The van der Waals surface area contributed by atoms with E-state index >= 15 is 0 Å². The summed E-state index contributed by atoms with van der Waals surface area (Å²) in [6.45, 7) is 1.86. The van der Waals surface area contributed by atoms with Gasteiger partial charge in [-0.2, -0.15) is 0 Å². The molecule has 0 spiro atoms. The van der Waals surface area contributed by atoms with Crippen molar-refractivity contribution in [2.45, 2.75) is 6.92 Å². The zero-order valence-electron chi connectivity index (χ0n) is 8.75. The fourth-order valence-electron chi connectivity index (χ4n) is 0.572. The molecule has 1 aromatic rings. The molecular weight excluding hydrogens is 186 g/mol. The lowest BCUT2D eigenvalue weighted by Crippen LogP contribution is -2.16. The SMILES string of the molecule is CNC(=O)OC.CNc1ncc(C)o1. The van der Waals surface area contributed by atoms with Gasteiger partial charge in [-0.15, -0.1) is 0 Å². The van der Waals surface area contributed by atoms with Crippen LogP contribution in [-0.4, -0.2) is 32.3 Å². The highest BCUT2D eigenvalue weighted by atomic mass is 16.5. The summed E-state index contributed by atoms with van der Waals surface area (Å²) in [6.07, 6.45) is 1.27. The Morgan fingerprint density at radius 1 is 1.57 bits per heavy atom. The summed E-state index contributed by atoms with van der Waals surface area (Å²) in [5, 5.41) is 5.02. The number of ether oxygens (including phenoxy) is 1. The maximum absolute atomic E-state index is 9.85. The quantitative estimate of drug-likeness (QED) is 0.708. The number of aryl methyl sites for hydroxylation is 1. The van der Waals surface area contributed by atoms with Gasteiger partial charge in [0.25, 0.3) is 6.01 Å². The molecule has 14 heavy (non-hydrogen) atoms. The van der Waals surface area contributed by atoms with E-state index in [0.29, 0.717) is 6.01 Å². The van der Waals surface area contributed by atoms with E-state index in [-0.39, 0.29) is 0 Å². The third kappa shape index (κ3) is 5.02. The zero-order chi connectivity index (χ0) is 11.0. The average Bonchev–Trinajstić information content (AvgIpc) is 2.64. The number of alkyl carbamates (subject to hydrolysis) is 1. The van der Waals surface area contributed by atoms with E-state index < -0.39 is 6.09 Å². The number of hydrogen-bond acceptors (Lipinski definition) is 5. The number of carbonyl (C=O) groups is 1. The van der Waals surface area contributed by atoms with Gasteiger partial charge in [0.1, 0.15) is 5.76 Å². The van der Waals surface area contributed by atoms with Gasteiger partial charge in [-0.25, -0.2) is 9.78 Å². The average molecular weight is 201 g/mol. The van der Waals surface area contributed by atoms with Gasteiger partial charge in [-0.1, -0.05) is 0 Å². The Bertz CT molecular complexity index is 267. The predicted octanol–water partition coefficient (Wildman–Crippen LogP) is 0.997. The summed E-state index contributed by atoms with van der Waals surface area (Å²) in [4.78, 5) is 13.7. The summed E-state index contributed by atoms with van der Waals surface area (Å²) in [7, 11) is 4.59. The molecule has 0 aliphatic carbocycles. The number of methoxy groups -OCH3 is 1. The Morgan fingerprint density at radius 2 is 2.21 bits per heavy atom. The monoisotopic (exact) mass is 201 g/mol. The van der Waals surface area contributed by atoms with Crippen LogP contribution in [0.15, 0.2) is 10.6 Å². The van der Waals surface area contributed by atoms with Crippen LogP contribution in [0.5, 0.6) is 0 Å². The molecule has 0 fully saturated rings. The number of aromatic nitrogens is 1. The molecule has 0 saturated carbocycles. The zero-order valence-corrected chi connectivity index (χ0v) is 8.75. The molecule has 0 radical (unpaired) electrons. The van der Waals surface area contributed by atoms with Crippen LogP contribution < -0.4 is 10.6 Å². The smallest absolute Gasteiger partial charge is 0.406 e. The highest BCUT2D eigenvalue weighted by Crippen LogP contribution is 2.04. The van der Waals surface area contributed by atoms with Crippen molar-refractivity contribution in [3.05, 3.63) is 12.0 Å². The van der Waals surface area contributed by atoms with Crippen molar-refractivity contribution in [3.8, 4) is 0 Å². The van der Waals surface area contributed by atoms with E-state index in [1.807, 2.05) is 6.92 Å². The number of anilines is 1. The maximum atomic E-state index is 9.85. The van der Waals surface area contributed by atoms with Crippen molar-refractivity contribution in [2.75, 3.05) is 26.5 Å². The van der Waals surface area contributed by atoms with Crippen molar-refractivity contribution in [1.29, 1.82) is 0 Å². The summed E-state index contributed by atoms with van der Waals surface area (Å²) < 4.78 is 9.16. The normalized spacial score (nSPS) is 8.29. The maximum Gasteiger partial charge on any atom is 0.406 e. The van der Waals surface area contributed by atoms with Crippen LogP contribution >= 0.6 is 0 Å². The second-order valence-corrected chi connectivity index (χ2v) is 2.27. The van der Waals surface area contributed by atoms with E-state index in [0.717, 1.165) is 5.76 Å². The standard InChI is InChI=1S/C5H8N2O.C3H7NO2/c1-4-3-7-5(6-2)8-4;1-4-3(5)6-2/h3H,1-2H3,(H,6,7);1-2H3,(H,4,5). The second kappa shape index (κ2) is 6.76. The minimum atomic E-state index is -0.407. The molecule has 0 saturated heterocycles. The number of nitrogens with zero attached hydrogens (tertiary/aromatic N) is 1. The molecule has 1 amide bonds. The summed E-state index contributed by atoms with van der Waals surface area (Å²) in [5.41, 5.74) is 0. The van der Waals surface area contributed by atoms with Crippen molar-refractivity contribution in [2.24, 2.45) is 0 Å². The molecule has 6 heteroatoms. The van der Waals surface area contributed by atoms with Gasteiger partial charge in [-0.05, 0) is 6.92 Å². The van der Waals surface area contributed by atoms with Crippen LogP contribution in [0.2, 0.25) is 0 Å². The van der Waals surface area contributed by atoms with E-state index in [2.05, 4.69) is 20.4 Å². The van der Waals surface area contributed by atoms with Gasteiger partial charge in [0.05, 0.1) is 13.3 Å². The van der Waals surface area contributed by atoms with Gasteiger partial charge in [0, 0.05) is 14.1 Å². The Kier molecular flexibility index (Phi) is 5.93. The molecule has 0 unspecified atom stereocenters. The van der Waals surface area contributed by atoms with E-state index in [9.17, 15) is 4.79 Å². The predicted molar refractivity (Wildman–Crippen MR) is 52.3 cm³/mol. The van der Waals surface area contributed by atoms with Gasteiger partial charge in [0.15, 0.2) is 0 Å². The number of oxazole rings is 1. The first-order valence-electron chi connectivity index (χ1n) is 4.00. The van der Waals surface area contributed by atoms with E-state index in [1.54, 1.807) is 13.2 Å². The number of nitrogens with one attached hydrogen (secondary N) is 2. The number of rotatable bonds is 1. The van der Waals surface area contributed by atoms with Crippen LogP contribution in [0.25, 0.3) is 0 Å². The van der Waals surface area contributed by atoms with Gasteiger partial charge in [-0.3, -0.25) is 0 Å². The first-order valence-corrected chi connectivity index (χ1v) is 4.00.